The number of nitrogens with zero attached hydrogens (tertiary/aromatic N) is 1. The molecule has 5 heteroatoms. The van der Waals surface area contributed by atoms with Crippen LogP contribution in [0.5, 0.6) is 0 Å². The molecule has 0 radical (unpaired) electrons. The van der Waals surface area contributed by atoms with Crippen LogP contribution in [0.15, 0.2) is 42.6 Å². The molecule has 20 heavy (non-hydrogen) atoms. The smallest absolute Gasteiger partial charge is 0.356 e. The van der Waals surface area contributed by atoms with Gasteiger partial charge in [-0.2, -0.15) is 0 Å². The van der Waals surface area contributed by atoms with Gasteiger partial charge in [-0.3, -0.25) is 0 Å². The summed E-state index contributed by atoms with van der Waals surface area (Å²) in [5, 5.41) is 3.99. The summed E-state index contributed by atoms with van der Waals surface area (Å²) < 4.78 is 4.65. The van der Waals surface area contributed by atoms with E-state index < -0.39 is 5.97 Å². The summed E-state index contributed by atoms with van der Waals surface area (Å²) in [7, 11) is 1.33. The summed E-state index contributed by atoms with van der Waals surface area (Å²) in [4.78, 5) is 15.4. The first kappa shape index (κ1) is 14.3. The van der Waals surface area contributed by atoms with Gasteiger partial charge in [-0.1, -0.05) is 29.8 Å². The number of esters is 1. The van der Waals surface area contributed by atoms with Gasteiger partial charge < -0.3 is 10.1 Å². The lowest BCUT2D eigenvalue weighted by atomic mass is 10.1. The molecule has 1 heterocycles. The molecule has 0 spiro atoms. The van der Waals surface area contributed by atoms with E-state index >= 15 is 0 Å². The number of anilines is 1. The Bertz CT molecular complexity index is 616. The van der Waals surface area contributed by atoms with E-state index in [-0.39, 0.29) is 11.7 Å². The number of carbonyl (C=O) groups is 1. The van der Waals surface area contributed by atoms with Crippen molar-refractivity contribution in [2.75, 3.05) is 12.4 Å². The fourth-order valence-corrected chi connectivity index (χ4v) is 2.19. The molecule has 0 saturated heterocycles. The predicted octanol–water partition coefficient (Wildman–Crippen LogP) is 3.69. The molecular weight excluding hydrogens is 276 g/mol. The molecule has 0 aliphatic heterocycles. The maximum absolute atomic E-state index is 11.4. The SMILES string of the molecule is COC(=O)c1cc(NC(C)c2ccccc2Cl)ccn1. The number of ether oxygens (including phenoxy) is 1. The highest BCUT2D eigenvalue weighted by Crippen LogP contribution is 2.25. The van der Waals surface area contributed by atoms with Gasteiger partial charge in [0.2, 0.25) is 0 Å². The van der Waals surface area contributed by atoms with E-state index in [2.05, 4.69) is 15.0 Å². The van der Waals surface area contributed by atoms with Crippen molar-refractivity contribution in [3.05, 3.63) is 58.9 Å². The average Bonchev–Trinajstić information content (AvgIpc) is 2.47. The highest BCUT2D eigenvalue weighted by Gasteiger charge is 2.11. The first-order chi connectivity index (χ1) is 9.61. The molecule has 1 aromatic carbocycles. The Kier molecular flexibility index (Phi) is 4.58. The molecule has 104 valence electrons. The molecule has 0 aliphatic carbocycles. The van der Waals surface area contributed by atoms with Crippen LogP contribution in [0.4, 0.5) is 5.69 Å². The number of rotatable bonds is 4. The molecule has 1 atom stereocenters. The molecule has 0 saturated carbocycles. The van der Waals surface area contributed by atoms with Crippen LogP contribution < -0.4 is 5.32 Å². The van der Waals surface area contributed by atoms with E-state index in [4.69, 9.17) is 11.6 Å². The maximum atomic E-state index is 11.4. The first-order valence-corrected chi connectivity index (χ1v) is 6.55. The summed E-state index contributed by atoms with van der Waals surface area (Å²) in [6.45, 7) is 2.00. The van der Waals surface area contributed by atoms with Crippen LogP contribution in [0.2, 0.25) is 5.02 Å². The zero-order valence-corrected chi connectivity index (χ0v) is 12.0. The number of carbonyl (C=O) groups excluding carboxylic acids is 1. The molecule has 0 amide bonds. The average molecular weight is 291 g/mol. The highest BCUT2D eigenvalue weighted by atomic mass is 35.5. The lowest BCUT2D eigenvalue weighted by molar-refractivity contribution is 0.0594. The Morgan fingerprint density at radius 2 is 2.10 bits per heavy atom. The summed E-state index contributed by atoms with van der Waals surface area (Å²) in [6, 6.07) is 11.1. The van der Waals surface area contributed by atoms with Crippen molar-refractivity contribution < 1.29 is 9.53 Å². The lowest BCUT2D eigenvalue weighted by Gasteiger charge is -2.17. The minimum absolute atomic E-state index is 0.0107. The Morgan fingerprint density at radius 1 is 1.35 bits per heavy atom. The molecule has 4 nitrogen and oxygen atoms in total. The fraction of sp³-hybridized carbons (Fsp3) is 0.200. The Hall–Kier alpha value is -2.07. The topological polar surface area (TPSA) is 51.2 Å². The minimum atomic E-state index is -0.459. The van der Waals surface area contributed by atoms with Gasteiger partial charge in [0, 0.05) is 22.9 Å². The maximum Gasteiger partial charge on any atom is 0.356 e. The number of halogens is 1. The van der Waals surface area contributed by atoms with Crippen LogP contribution in [-0.2, 0) is 4.74 Å². The van der Waals surface area contributed by atoms with Gasteiger partial charge in [0.1, 0.15) is 5.69 Å². The molecule has 1 unspecified atom stereocenters. The van der Waals surface area contributed by atoms with E-state index in [0.717, 1.165) is 11.3 Å². The number of pyridine rings is 1. The largest absolute Gasteiger partial charge is 0.464 e. The van der Waals surface area contributed by atoms with Crippen LogP contribution in [0.3, 0.4) is 0 Å². The molecule has 1 N–H and O–H groups in total. The monoisotopic (exact) mass is 290 g/mol. The van der Waals surface area contributed by atoms with Crippen molar-refractivity contribution in [2.45, 2.75) is 13.0 Å². The molecule has 2 rings (SSSR count). The third kappa shape index (κ3) is 3.27. The van der Waals surface area contributed by atoms with E-state index in [9.17, 15) is 4.79 Å². The Morgan fingerprint density at radius 3 is 2.80 bits per heavy atom. The molecule has 0 aliphatic rings. The third-order valence-corrected chi connectivity index (χ3v) is 3.25. The van der Waals surface area contributed by atoms with Crippen molar-refractivity contribution in [3.8, 4) is 0 Å². The van der Waals surface area contributed by atoms with Gasteiger partial charge in [-0.15, -0.1) is 0 Å². The number of benzene rings is 1. The van der Waals surface area contributed by atoms with E-state index in [0.29, 0.717) is 5.02 Å². The van der Waals surface area contributed by atoms with Gasteiger partial charge in [0.05, 0.1) is 7.11 Å². The second kappa shape index (κ2) is 6.39. The predicted molar refractivity (Wildman–Crippen MR) is 79.1 cm³/mol. The molecule has 0 fully saturated rings. The van der Waals surface area contributed by atoms with E-state index in [1.165, 1.54) is 7.11 Å². The Balaban J connectivity index is 2.18. The quantitative estimate of drug-likeness (QED) is 0.873. The van der Waals surface area contributed by atoms with E-state index in [1.807, 2.05) is 31.2 Å². The normalized spacial score (nSPS) is 11.8. The molecule has 1 aromatic heterocycles. The molecular formula is C15H15ClN2O2. The fourth-order valence-electron chi connectivity index (χ4n) is 1.89. The van der Waals surface area contributed by atoms with Crippen molar-refractivity contribution >= 4 is 23.3 Å². The number of aromatic nitrogens is 1. The number of hydrogen-bond donors (Lipinski definition) is 1. The number of hydrogen-bond acceptors (Lipinski definition) is 4. The van der Waals surface area contributed by atoms with Crippen molar-refractivity contribution in [3.63, 3.8) is 0 Å². The van der Waals surface area contributed by atoms with Gasteiger partial charge in [0.25, 0.3) is 0 Å². The van der Waals surface area contributed by atoms with Gasteiger partial charge in [-0.25, -0.2) is 9.78 Å². The van der Waals surface area contributed by atoms with Crippen LogP contribution in [-0.4, -0.2) is 18.1 Å². The van der Waals surface area contributed by atoms with Crippen molar-refractivity contribution in [1.29, 1.82) is 0 Å². The summed E-state index contributed by atoms with van der Waals surface area (Å²) in [6.07, 6.45) is 1.56. The standard InChI is InChI=1S/C15H15ClN2O2/c1-10(12-5-3-4-6-13(12)16)18-11-7-8-17-14(9-11)15(19)20-2/h3-10H,1-2H3,(H,17,18). The van der Waals surface area contributed by atoms with Crippen LogP contribution in [0, 0.1) is 0 Å². The zero-order chi connectivity index (χ0) is 14.5. The molecule has 2 aromatic rings. The van der Waals surface area contributed by atoms with E-state index in [1.54, 1.807) is 18.3 Å². The van der Waals surface area contributed by atoms with Crippen LogP contribution >= 0.6 is 11.6 Å². The highest BCUT2D eigenvalue weighted by molar-refractivity contribution is 6.31. The zero-order valence-electron chi connectivity index (χ0n) is 11.3. The van der Waals surface area contributed by atoms with Gasteiger partial charge in [0.15, 0.2) is 0 Å². The van der Waals surface area contributed by atoms with Crippen LogP contribution in [0.1, 0.15) is 29.0 Å². The Labute approximate surface area is 122 Å². The summed E-state index contributed by atoms with van der Waals surface area (Å²) in [5.41, 5.74) is 2.04. The van der Waals surface area contributed by atoms with Gasteiger partial charge >= 0.3 is 5.97 Å². The van der Waals surface area contributed by atoms with Crippen LogP contribution in [0.25, 0.3) is 0 Å². The molecule has 0 bridgehead atoms. The van der Waals surface area contributed by atoms with Crippen molar-refractivity contribution in [2.24, 2.45) is 0 Å². The van der Waals surface area contributed by atoms with Gasteiger partial charge in [-0.05, 0) is 30.7 Å². The summed E-state index contributed by atoms with van der Waals surface area (Å²) >= 11 is 6.16. The second-order valence-corrected chi connectivity index (χ2v) is 4.72. The summed E-state index contributed by atoms with van der Waals surface area (Å²) in [5.74, 6) is -0.459. The number of methoxy groups -OCH3 is 1. The minimum Gasteiger partial charge on any atom is -0.464 e. The number of nitrogens with one attached hydrogen (secondary N) is 1. The second-order valence-electron chi connectivity index (χ2n) is 4.31. The third-order valence-electron chi connectivity index (χ3n) is 2.91. The van der Waals surface area contributed by atoms with Crippen molar-refractivity contribution in [1.82, 2.24) is 4.98 Å². The first-order valence-electron chi connectivity index (χ1n) is 6.17. The lowest BCUT2D eigenvalue weighted by Crippen LogP contribution is -2.09.